The fourth-order valence-corrected chi connectivity index (χ4v) is 2.02. The van der Waals surface area contributed by atoms with Crippen LogP contribution in [0, 0.1) is 19.7 Å². The van der Waals surface area contributed by atoms with Gasteiger partial charge in [-0.1, -0.05) is 6.07 Å². The van der Waals surface area contributed by atoms with E-state index in [-0.39, 0.29) is 11.1 Å². The Bertz CT molecular complexity index is 725. The van der Waals surface area contributed by atoms with E-state index < -0.39 is 17.7 Å². The van der Waals surface area contributed by atoms with Crippen LogP contribution in [-0.2, 0) is 0 Å². The number of aromatic carboxylic acids is 1. The fraction of sp³-hybridized carbons (Fsp3) is 0.125. The number of carboxylic acids is 1. The van der Waals surface area contributed by atoms with E-state index >= 15 is 0 Å². The summed E-state index contributed by atoms with van der Waals surface area (Å²) >= 11 is 0. The largest absolute Gasteiger partial charge is 0.478 e. The van der Waals surface area contributed by atoms with Crippen LogP contribution in [0.3, 0.4) is 0 Å². The molecule has 4 nitrogen and oxygen atoms in total. The van der Waals surface area contributed by atoms with Gasteiger partial charge in [-0.2, -0.15) is 0 Å². The highest BCUT2D eigenvalue weighted by Crippen LogP contribution is 2.17. The highest BCUT2D eigenvalue weighted by atomic mass is 19.1. The summed E-state index contributed by atoms with van der Waals surface area (Å²) in [5.41, 5.74) is 2.08. The third-order valence-corrected chi connectivity index (χ3v) is 3.16. The minimum Gasteiger partial charge on any atom is -0.478 e. The monoisotopic (exact) mass is 287 g/mol. The summed E-state index contributed by atoms with van der Waals surface area (Å²) in [5.74, 6) is -1.94. The number of anilines is 1. The number of carboxylic acid groups (broad SMARTS) is 1. The highest BCUT2D eigenvalue weighted by Gasteiger charge is 2.12. The standard InChI is InChI=1S/C16H14FNO3/c1-9-3-4-11(17)8-14(9)15(19)18-12-5-6-13(16(20)21)10(2)7-12/h3-8H,1-2H3,(H,18,19)(H,20,21). The average Bonchev–Trinajstić information content (AvgIpc) is 2.41. The number of aryl methyl sites for hydroxylation is 2. The smallest absolute Gasteiger partial charge is 0.335 e. The van der Waals surface area contributed by atoms with Gasteiger partial charge in [-0.3, -0.25) is 4.79 Å². The van der Waals surface area contributed by atoms with Crippen molar-refractivity contribution in [3.63, 3.8) is 0 Å². The molecule has 0 heterocycles. The van der Waals surface area contributed by atoms with Crippen LogP contribution in [0.1, 0.15) is 31.8 Å². The summed E-state index contributed by atoms with van der Waals surface area (Å²) in [6, 6.07) is 8.48. The molecule has 0 spiro atoms. The van der Waals surface area contributed by atoms with Crippen molar-refractivity contribution in [2.45, 2.75) is 13.8 Å². The minimum atomic E-state index is -1.02. The lowest BCUT2D eigenvalue weighted by Gasteiger charge is -2.09. The molecule has 2 N–H and O–H groups in total. The normalized spacial score (nSPS) is 10.2. The first-order valence-corrected chi connectivity index (χ1v) is 6.30. The summed E-state index contributed by atoms with van der Waals surface area (Å²) in [5, 5.41) is 11.6. The molecule has 0 bridgehead atoms. The number of benzene rings is 2. The van der Waals surface area contributed by atoms with Crippen molar-refractivity contribution < 1.29 is 19.1 Å². The number of amides is 1. The Morgan fingerprint density at radius 3 is 2.33 bits per heavy atom. The van der Waals surface area contributed by atoms with Crippen molar-refractivity contribution in [3.8, 4) is 0 Å². The lowest BCUT2D eigenvalue weighted by molar-refractivity contribution is 0.0696. The molecule has 0 aliphatic rings. The predicted molar refractivity (Wildman–Crippen MR) is 77.2 cm³/mol. The maximum atomic E-state index is 13.2. The molecule has 2 rings (SSSR count). The van der Waals surface area contributed by atoms with Gasteiger partial charge in [-0.25, -0.2) is 9.18 Å². The molecule has 2 aromatic rings. The molecule has 0 saturated heterocycles. The Balaban J connectivity index is 2.26. The number of carbonyl (C=O) groups excluding carboxylic acids is 1. The summed E-state index contributed by atoms with van der Waals surface area (Å²) in [6.45, 7) is 3.36. The highest BCUT2D eigenvalue weighted by molar-refractivity contribution is 6.05. The molecule has 5 heteroatoms. The van der Waals surface area contributed by atoms with Gasteiger partial charge in [0, 0.05) is 11.3 Å². The summed E-state index contributed by atoms with van der Waals surface area (Å²) in [6.07, 6.45) is 0. The molecule has 0 aromatic heterocycles. The van der Waals surface area contributed by atoms with Crippen LogP contribution in [0.2, 0.25) is 0 Å². The van der Waals surface area contributed by atoms with Crippen molar-refractivity contribution in [3.05, 3.63) is 64.5 Å². The molecule has 0 saturated carbocycles. The second-order valence-corrected chi connectivity index (χ2v) is 4.75. The predicted octanol–water partition coefficient (Wildman–Crippen LogP) is 3.39. The maximum Gasteiger partial charge on any atom is 0.335 e. The first-order chi connectivity index (χ1) is 9.88. The zero-order valence-electron chi connectivity index (χ0n) is 11.6. The number of carbonyl (C=O) groups is 2. The Morgan fingerprint density at radius 1 is 1.00 bits per heavy atom. The Kier molecular flexibility index (Phi) is 4.03. The Labute approximate surface area is 121 Å². The third-order valence-electron chi connectivity index (χ3n) is 3.16. The quantitative estimate of drug-likeness (QED) is 0.909. The van der Waals surface area contributed by atoms with Crippen molar-refractivity contribution >= 4 is 17.6 Å². The lowest BCUT2D eigenvalue weighted by Crippen LogP contribution is -2.14. The van der Waals surface area contributed by atoms with E-state index in [1.54, 1.807) is 19.9 Å². The summed E-state index contributed by atoms with van der Waals surface area (Å²) in [7, 11) is 0. The minimum absolute atomic E-state index is 0.176. The van der Waals surface area contributed by atoms with Gasteiger partial charge in [0.05, 0.1) is 5.56 Å². The Morgan fingerprint density at radius 2 is 1.71 bits per heavy atom. The third kappa shape index (κ3) is 3.25. The van der Waals surface area contributed by atoms with Crippen LogP contribution in [0.4, 0.5) is 10.1 Å². The van der Waals surface area contributed by atoms with Crippen LogP contribution < -0.4 is 5.32 Å². The van der Waals surface area contributed by atoms with Crippen LogP contribution in [0.15, 0.2) is 36.4 Å². The van der Waals surface area contributed by atoms with Crippen LogP contribution >= 0.6 is 0 Å². The van der Waals surface area contributed by atoms with E-state index in [9.17, 15) is 14.0 Å². The van der Waals surface area contributed by atoms with E-state index in [1.165, 1.54) is 30.3 Å². The van der Waals surface area contributed by atoms with Gasteiger partial charge in [0.25, 0.3) is 5.91 Å². The van der Waals surface area contributed by atoms with E-state index in [4.69, 9.17) is 5.11 Å². The molecule has 0 aliphatic heterocycles. The van der Waals surface area contributed by atoms with Gasteiger partial charge in [-0.15, -0.1) is 0 Å². The number of halogens is 1. The summed E-state index contributed by atoms with van der Waals surface area (Å²) in [4.78, 5) is 23.1. The molecule has 21 heavy (non-hydrogen) atoms. The molecule has 1 amide bonds. The first-order valence-electron chi connectivity index (χ1n) is 6.30. The van der Waals surface area contributed by atoms with Gasteiger partial charge < -0.3 is 10.4 Å². The first kappa shape index (κ1) is 14.7. The SMILES string of the molecule is Cc1cc(NC(=O)c2cc(F)ccc2C)ccc1C(=O)O. The van der Waals surface area contributed by atoms with E-state index in [0.29, 0.717) is 16.8 Å². The molecular weight excluding hydrogens is 273 g/mol. The molecule has 108 valence electrons. The topological polar surface area (TPSA) is 66.4 Å². The molecular formula is C16H14FNO3. The van der Waals surface area contributed by atoms with Gasteiger partial charge in [-0.05, 0) is 55.3 Å². The van der Waals surface area contributed by atoms with E-state index in [2.05, 4.69) is 5.32 Å². The Hall–Kier alpha value is -2.69. The van der Waals surface area contributed by atoms with Gasteiger partial charge in [0.15, 0.2) is 0 Å². The van der Waals surface area contributed by atoms with Crippen LogP contribution in [0.5, 0.6) is 0 Å². The second kappa shape index (κ2) is 5.75. The molecule has 0 aliphatic carbocycles. The van der Waals surface area contributed by atoms with Crippen molar-refractivity contribution in [1.82, 2.24) is 0 Å². The van der Waals surface area contributed by atoms with E-state index in [1.807, 2.05) is 0 Å². The van der Waals surface area contributed by atoms with Crippen LogP contribution in [-0.4, -0.2) is 17.0 Å². The maximum absolute atomic E-state index is 13.2. The van der Waals surface area contributed by atoms with Crippen molar-refractivity contribution in [2.75, 3.05) is 5.32 Å². The fourth-order valence-electron chi connectivity index (χ4n) is 2.02. The zero-order valence-corrected chi connectivity index (χ0v) is 11.6. The zero-order chi connectivity index (χ0) is 15.6. The summed E-state index contributed by atoms with van der Waals surface area (Å²) < 4.78 is 13.2. The van der Waals surface area contributed by atoms with Crippen molar-refractivity contribution in [1.29, 1.82) is 0 Å². The number of hydrogen-bond acceptors (Lipinski definition) is 2. The van der Waals surface area contributed by atoms with Crippen molar-refractivity contribution in [2.24, 2.45) is 0 Å². The van der Waals surface area contributed by atoms with Gasteiger partial charge in [0.1, 0.15) is 5.82 Å². The lowest BCUT2D eigenvalue weighted by atomic mass is 10.1. The molecule has 0 fully saturated rings. The van der Waals surface area contributed by atoms with Gasteiger partial charge >= 0.3 is 5.97 Å². The number of rotatable bonds is 3. The molecule has 0 radical (unpaired) electrons. The van der Waals surface area contributed by atoms with Crippen LogP contribution in [0.25, 0.3) is 0 Å². The number of nitrogens with one attached hydrogen (secondary N) is 1. The second-order valence-electron chi connectivity index (χ2n) is 4.75. The molecule has 0 unspecified atom stereocenters. The molecule has 2 aromatic carbocycles. The van der Waals surface area contributed by atoms with Gasteiger partial charge in [0.2, 0.25) is 0 Å². The number of hydrogen-bond donors (Lipinski definition) is 2. The molecule has 0 atom stereocenters. The average molecular weight is 287 g/mol. The van der Waals surface area contributed by atoms with E-state index in [0.717, 1.165) is 0 Å².